The summed E-state index contributed by atoms with van der Waals surface area (Å²) in [6.07, 6.45) is 0. The van der Waals surface area contributed by atoms with Crippen molar-refractivity contribution in [3.8, 4) is 5.75 Å². The first-order chi connectivity index (χ1) is 11.3. The van der Waals surface area contributed by atoms with Crippen LogP contribution in [0.4, 0.5) is 20.2 Å². The molecule has 126 valence electrons. The van der Waals surface area contributed by atoms with Crippen LogP contribution in [0.15, 0.2) is 42.5 Å². The molecule has 2 rings (SSSR count). The number of nitrogens with one attached hydrogen (secondary N) is 2. The van der Waals surface area contributed by atoms with Crippen molar-refractivity contribution in [1.82, 2.24) is 0 Å². The highest BCUT2D eigenvalue weighted by Crippen LogP contribution is 2.27. The first-order valence-electron chi connectivity index (χ1n) is 7.09. The van der Waals surface area contributed by atoms with Crippen molar-refractivity contribution in [2.45, 2.75) is 20.5 Å². The molecule has 0 spiro atoms. The number of anilines is 2. The van der Waals surface area contributed by atoms with E-state index in [4.69, 9.17) is 12.2 Å². The lowest BCUT2D eigenvalue weighted by Crippen LogP contribution is -2.20. The number of rotatable bonds is 5. The Bertz CT molecular complexity index is 749. The van der Waals surface area contributed by atoms with Gasteiger partial charge in [0.2, 0.25) is 0 Å². The number of halogens is 2. The number of carbonyl (C=O) groups excluding carboxylic acids is 1. The van der Waals surface area contributed by atoms with Gasteiger partial charge in [-0.15, -0.1) is 0 Å². The van der Waals surface area contributed by atoms with Gasteiger partial charge in [-0.3, -0.25) is 4.79 Å². The molecule has 2 aromatic rings. The highest BCUT2D eigenvalue weighted by molar-refractivity contribution is 7.80. The summed E-state index contributed by atoms with van der Waals surface area (Å²) >= 11 is 5.19. The Morgan fingerprint density at radius 1 is 1.12 bits per heavy atom. The molecule has 0 aliphatic heterocycles. The van der Waals surface area contributed by atoms with Crippen LogP contribution in [0.1, 0.15) is 22.8 Å². The molecule has 0 heterocycles. The third-order valence-corrected chi connectivity index (χ3v) is 3.35. The molecule has 0 aliphatic carbocycles. The number of Topliss-reactive ketones (excluding diaryl/α,β-unsaturated/α-hetero) is 1. The number of carbonyl (C=O) groups is 1. The van der Waals surface area contributed by atoms with Gasteiger partial charge in [0.05, 0.1) is 5.69 Å². The summed E-state index contributed by atoms with van der Waals surface area (Å²) in [7, 11) is 0. The molecule has 0 amide bonds. The zero-order valence-electron chi connectivity index (χ0n) is 13.1. The van der Waals surface area contributed by atoms with Gasteiger partial charge in [-0.2, -0.15) is 8.78 Å². The van der Waals surface area contributed by atoms with Crippen LogP contribution in [0.25, 0.3) is 0 Å². The topological polar surface area (TPSA) is 50.4 Å². The summed E-state index contributed by atoms with van der Waals surface area (Å²) in [5.74, 6) is -0.0255. The zero-order valence-corrected chi connectivity index (χ0v) is 13.9. The Morgan fingerprint density at radius 2 is 1.79 bits per heavy atom. The third kappa shape index (κ3) is 4.99. The second-order valence-electron chi connectivity index (χ2n) is 5.09. The van der Waals surface area contributed by atoms with Gasteiger partial charge < -0.3 is 15.4 Å². The number of thiocarbonyl (C=S) groups is 1. The summed E-state index contributed by atoms with van der Waals surface area (Å²) in [6, 6.07) is 11.5. The van der Waals surface area contributed by atoms with E-state index < -0.39 is 6.61 Å². The van der Waals surface area contributed by atoms with Crippen LogP contribution >= 0.6 is 12.2 Å². The van der Waals surface area contributed by atoms with E-state index in [1.54, 1.807) is 36.4 Å². The van der Waals surface area contributed by atoms with Gasteiger partial charge in [-0.05, 0) is 68.0 Å². The number of ketones is 1. The minimum Gasteiger partial charge on any atom is -0.433 e. The fourth-order valence-corrected chi connectivity index (χ4v) is 2.24. The molecule has 0 aromatic heterocycles. The Balaban J connectivity index is 2.09. The number of alkyl halides is 2. The molecule has 7 heteroatoms. The molecule has 0 saturated carbocycles. The Kier molecular flexibility index (Phi) is 5.81. The number of aryl methyl sites for hydroxylation is 1. The minimum absolute atomic E-state index is 0.00618. The molecule has 4 nitrogen and oxygen atoms in total. The van der Waals surface area contributed by atoms with Gasteiger partial charge in [-0.1, -0.05) is 6.07 Å². The average Bonchev–Trinajstić information content (AvgIpc) is 2.50. The summed E-state index contributed by atoms with van der Waals surface area (Å²) in [6.45, 7) is 0.388. The maximum atomic E-state index is 12.5. The molecular formula is C17H16F2N2O2S. The number of hydrogen-bond donors (Lipinski definition) is 2. The fraction of sp³-hybridized carbons (Fsp3) is 0.176. The van der Waals surface area contributed by atoms with E-state index in [9.17, 15) is 13.6 Å². The van der Waals surface area contributed by atoms with Crippen LogP contribution in [0.5, 0.6) is 5.75 Å². The summed E-state index contributed by atoms with van der Waals surface area (Å²) in [5, 5.41) is 5.98. The van der Waals surface area contributed by atoms with Gasteiger partial charge >= 0.3 is 6.61 Å². The molecule has 0 fully saturated rings. The van der Waals surface area contributed by atoms with E-state index in [0.29, 0.717) is 16.9 Å². The normalized spacial score (nSPS) is 10.4. The predicted octanol–water partition coefficient (Wildman–Crippen LogP) is 4.61. The zero-order chi connectivity index (χ0) is 17.7. The Hall–Kier alpha value is -2.54. The Morgan fingerprint density at radius 3 is 2.38 bits per heavy atom. The van der Waals surface area contributed by atoms with Crippen LogP contribution in [0.3, 0.4) is 0 Å². The molecule has 0 radical (unpaired) electrons. The monoisotopic (exact) mass is 350 g/mol. The lowest BCUT2D eigenvalue weighted by Gasteiger charge is -2.15. The summed E-state index contributed by atoms with van der Waals surface area (Å²) in [5.41, 5.74) is 2.47. The lowest BCUT2D eigenvalue weighted by atomic mass is 10.1. The van der Waals surface area contributed by atoms with Crippen molar-refractivity contribution in [1.29, 1.82) is 0 Å². The molecular weight excluding hydrogens is 334 g/mol. The smallest absolute Gasteiger partial charge is 0.387 e. The maximum absolute atomic E-state index is 12.5. The van der Waals surface area contributed by atoms with Crippen molar-refractivity contribution < 1.29 is 18.3 Å². The van der Waals surface area contributed by atoms with Crippen molar-refractivity contribution in [3.63, 3.8) is 0 Å². The van der Waals surface area contributed by atoms with E-state index >= 15 is 0 Å². The first kappa shape index (κ1) is 17.8. The standard InChI is InChI=1S/C17H16F2N2O2S/c1-10-3-8-15(23-16(18)19)14(9-10)21-17(24)20-13-6-4-12(5-7-13)11(2)22/h3-9,16H,1-2H3,(H2,20,21,24). The van der Waals surface area contributed by atoms with Gasteiger partial charge in [-0.25, -0.2) is 0 Å². The largest absolute Gasteiger partial charge is 0.433 e. The van der Waals surface area contributed by atoms with E-state index in [-0.39, 0.29) is 16.6 Å². The molecule has 0 saturated heterocycles. The lowest BCUT2D eigenvalue weighted by molar-refractivity contribution is -0.0493. The number of ether oxygens (including phenoxy) is 1. The maximum Gasteiger partial charge on any atom is 0.387 e. The second kappa shape index (κ2) is 7.83. The van der Waals surface area contributed by atoms with E-state index in [1.807, 2.05) is 6.92 Å². The van der Waals surface area contributed by atoms with E-state index in [0.717, 1.165) is 5.56 Å². The van der Waals surface area contributed by atoms with E-state index in [1.165, 1.54) is 13.0 Å². The highest BCUT2D eigenvalue weighted by atomic mass is 32.1. The molecule has 0 bridgehead atoms. The van der Waals surface area contributed by atoms with Crippen LogP contribution in [-0.2, 0) is 0 Å². The van der Waals surface area contributed by atoms with Crippen LogP contribution in [0, 0.1) is 6.92 Å². The molecule has 2 N–H and O–H groups in total. The van der Waals surface area contributed by atoms with Gasteiger partial charge in [0.15, 0.2) is 10.9 Å². The SMILES string of the molecule is CC(=O)c1ccc(NC(=S)Nc2cc(C)ccc2OC(F)F)cc1. The quantitative estimate of drug-likeness (QED) is 0.609. The van der Waals surface area contributed by atoms with Crippen molar-refractivity contribution >= 4 is 34.5 Å². The highest BCUT2D eigenvalue weighted by Gasteiger charge is 2.11. The van der Waals surface area contributed by atoms with Crippen molar-refractivity contribution in [2.24, 2.45) is 0 Å². The average molecular weight is 350 g/mol. The number of hydrogen-bond acceptors (Lipinski definition) is 3. The Labute approximate surface area is 143 Å². The minimum atomic E-state index is -2.92. The first-order valence-corrected chi connectivity index (χ1v) is 7.50. The van der Waals surface area contributed by atoms with Crippen LogP contribution in [-0.4, -0.2) is 17.5 Å². The van der Waals surface area contributed by atoms with Gasteiger partial charge in [0.1, 0.15) is 5.75 Å². The van der Waals surface area contributed by atoms with Crippen LogP contribution in [0.2, 0.25) is 0 Å². The fourth-order valence-electron chi connectivity index (χ4n) is 2.01. The second-order valence-corrected chi connectivity index (χ2v) is 5.50. The van der Waals surface area contributed by atoms with Crippen molar-refractivity contribution in [2.75, 3.05) is 10.6 Å². The van der Waals surface area contributed by atoms with Crippen LogP contribution < -0.4 is 15.4 Å². The molecule has 0 aliphatic rings. The number of benzene rings is 2. The predicted molar refractivity (Wildman–Crippen MR) is 94.1 cm³/mol. The summed E-state index contributed by atoms with van der Waals surface area (Å²) < 4.78 is 29.4. The molecule has 24 heavy (non-hydrogen) atoms. The third-order valence-electron chi connectivity index (χ3n) is 3.15. The molecule has 2 aromatic carbocycles. The van der Waals surface area contributed by atoms with Gasteiger partial charge in [0, 0.05) is 11.3 Å². The van der Waals surface area contributed by atoms with Gasteiger partial charge in [0.25, 0.3) is 0 Å². The molecule has 0 unspecified atom stereocenters. The van der Waals surface area contributed by atoms with E-state index in [2.05, 4.69) is 15.4 Å². The van der Waals surface area contributed by atoms with Crippen molar-refractivity contribution in [3.05, 3.63) is 53.6 Å². The summed E-state index contributed by atoms with van der Waals surface area (Å²) in [4.78, 5) is 11.2. The molecule has 0 atom stereocenters.